The molecule has 0 fully saturated rings. The lowest BCUT2D eigenvalue weighted by Gasteiger charge is -2.20. The van der Waals surface area contributed by atoms with Gasteiger partial charge in [0.2, 0.25) is 5.91 Å². The Kier molecular flexibility index (Phi) is 8.56. The number of aliphatic carboxylic acids is 1. The van der Waals surface area contributed by atoms with E-state index in [0.717, 1.165) is 17.5 Å². The first-order chi connectivity index (χ1) is 14.8. The van der Waals surface area contributed by atoms with Crippen LogP contribution in [0.15, 0.2) is 48.5 Å². The minimum absolute atomic E-state index is 0.0182. The molecule has 9 heteroatoms. The Bertz CT molecular complexity index is 926. The minimum Gasteiger partial charge on any atom is -0.481 e. The molecular weight excluding hydrogens is 398 g/mol. The lowest BCUT2D eigenvalue weighted by atomic mass is 10.0. The first kappa shape index (κ1) is 23.4. The Labute approximate surface area is 180 Å². The van der Waals surface area contributed by atoms with E-state index in [9.17, 15) is 14.4 Å². The maximum Gasteiger partial charge on any atom is 0.319 e. The van der Waals surface area contributed by atoms with Crippen molar-refractivity contribution in [3.63, 3.8) is 0 Å². The molecule has 0 saturated carbocycles. The van der Waals surface area contributed by atoms with E-state index < -0.39 is 18.0 Å². The second kappa shape index (κ2) is 11.3. The minimum atomic E-state index is -1.000. The first-order valence-corrected chi connectivity index (χ1v) is 9.87. The van der Waals surface area contributed by atoms with Gasteiger partial charge in [0.25, 0.3) is 0 Å². The van der Waals surface area contributed by atoms with Gasteiger partial charge in [0.15, 0.2) is 0 Å². The average Bonchev–Trinajstić information content (AvgIpc) is 2.73. The van der Waals surface area contributed by atoms with E-state index in [2.05, 4.69) is 16.0 Å². The number of amidine groups is 1. The van der Waals surface area contributed by atoms with Crippen molar-refractivity contribution in [1.29, 1.82) is 5.41 Å². The third-order valence-electron chi connectivity index (χ3n) is 4.60. The predicted molar refractivity (Wildman–Crippen MR) is 118 cm³/mol. The summed E-state index contributed by atoms with van der Waals surface area (Å²) in [6.45, 7) is 2.05. The Morgan fingerprint density at radius 2 is 1.71 bits per heavy atom. The van der Waals surface area contributed by atoms with Crippen molar-refractivity contribution in [2.75, 3.05) is 11.9 Å². The van der Waals surface area contributed by atoms with Crippen molar-refractivity contribution < 1.29 is 19.5 Å². The number of carbonyl (C=O) groups excluding carboxylic acids is 2. The molecule has 7 N–H and O–H groups in total. The van der Waals surface area contributed by atoms with E-state index in [1.165, 1.54) is 0 Å². The zero-order valence-electron chi connectivity index (χ0n) is 17.3. The van der Waals surface area contributed by atoms with E-state index >= 15 is 0 Å². The highest BCUT2D eigenvalue weighted by Crippen LogP contribution is 2.19. The molecule has 0 spiro atoms. The topological polar surface area (TPSA) is 157 Å². The smallest absolute Gasteiger partial charge is 0.319 e. The highest BCUT2D eigenvalue weighted by atomic mass is 16.4. The summed E-state index contributed by atoms with van der Waals surface area (Å²) in [6.07, 6.45) is 0.651. The number of rotatable bonds is 10. The van der Waals surface area contributed by atoms with Gasteiger partial charge in [-0.25, -0.2) is 4.79 Å². The van der Waals surface area contributed by atoms with Gasteiger partial charge in [0.05, 0.1) is 18.9 Å². The molecule has 0 aliphatic rings. The number of hydrogen-bond acceptors (Lipinski definition) is 4. The zero-order valence-corrected chi connectivity index (χ0v) is 17.3. The van der Waals surface area contributed by atoms with Crippen LogP contribution in [0.5, 0.6) is 0 Å². The van der Waals surface area contributed by atoms with Crippen LogP contribution in [0, 0.1) is 5.41 Å². The molecule has 0 aliphatic carbocycles. The average molecular weight is 425 g/mol. The summed E-state index contributed by atoms with van der Waals surface area (Å²) < 4.78 is 0. The third-order valence-corrected chi connectivity index (χ3v) is 4.60. The Morgan fingerprint density at radius 3 is 2.26 bits per heavy atom. The molecule has 9 nitrogen and oxygen atoms in total. The molecule has 0 aliphatic heterocycles. The molecule has 0 heterocycles. The van der Waals surface area contributed by atoms with Crippen LogP contribution in [0.25, 0.3) is 0 Å². The fourth-order valence-electron chi connectivity index (χ4n) is 2.86. The standard InChI is InChI=1S/C22H27N5O4/c1-2-14-3-5-15(6-4-14)18(13-19(28)25-12-11-20(29)30)27-22(31)26-17-9-7-16(8-10-17)21(23)24/h3-10,18H,2,11-13H2,1H3,(H3,23,24)(H,25,28)(H,29,30)(H2,26,27,31). The maximum absolute atomic E-state index is 12.5. The fraction of sp³-hybridized carbons (Fsp3) is 0.273. The highest BCUT2D eigenvalue weighted by molar-refractivity contribution is 5.96. The number of anilines is 1. The number of carboxylic acid groups (broad SMARTS) is 1. The van der Waals surface area contributed by atoms with Crippen molar-refractivity contribution in [1.82, 2.24) is 10.6 Å². The number of nitrogens with two attached hydrogens (primary N) is 1. The van der Waals surface area contributed by atoms with Crippen LogP contribution in [0.1, 0.15) is 42.5 Å². The Balaban J connectivity index is 2.07. The lowest BCUT2D eigenvalue weighted by molar-refractivity contribution is -0.136. The molecule has 2 aromatic rings. The van der Waals surface area contributed by atoms with Crippen LogP contribution in [-0.2, 0) is 16.0 Å². The summed E-state index contributed by atoms with van der Waals surface area (Å²) in [5.74, 6) is -1.43. The van der Waals surface area contributed by atoms with Crippen LogP contribution in [0.3, 0.4) is 0 Å². The summed E-state index contributed by atoms with van der Waals surface area (Å²) >= 11 is 0. The summed E-state index contributed by atoms with van der Waals surface area (Å²) in [6, 6.07) is 13.0. The molecule has 164 valence electrons. The normalized spacial score (nSPS) is 11.3. The molecule has 0 radical (unpaired) electrons. The number of urea groups is 1. The first-order valence-electron chi connectivity index (χ1n) is 9.87. The molecule has 2 aromatic carbocycles. The number of benzene rings is 2. The number of carbonyl (C=O) groups is 3. The van der Waals surface area contributed by atoms with E-state index in [1.807, 2.05) is 31.2 Å². The van der Waals surface area contributed by atoms with Crippen molar-refractivity contribution in [2.24, 2.45) is 5.73 Å². The van der Waals surface area contributed by atoms with Gasteiger partial charge in [-0.3, -0.25) is 15.0 Å². The quantitative estimate of drug-likeness (QED) is 0.254. The largest absolute Gasteiger partial charge is 0.481 e. The second-order valence-electron chi connectivity index (χ2n) is 6.94. The summed E-state index contributed by atoms with van der Waals surface area (Å²) in [7, 11) is 0. The van der Waals surface area contributed by atoms with Gasteiger partial charge in [-0.2, -0.15) is 0 Å². The van der Waals surface area contributed by atoms with E-state index in [1.54, 1.807) is 24.3 Å². The summed E-state index contributed by atoms with van der Waals surface area (Å²) in [4.78, 5) is 35.4. The van der Waals surface area contributed by atoms with Crippen LogP contribution in [0.2, 0.25) is 0 Å². The molecular formula is C22H27N5O4. The molecule has 0 saturated heterocycles. The molecule has 1 atom stereocenters. The van der Waals surface area contributed by atoms with E-state index in [-0.39, 0.29) is 31.1 Å². The number of carboxylic acids is 1. The van der Waals surface area contributed by atoms with Crippen LogP contribution in [0.4, 0.5) is 10.5 Å². The highest BCUT2D eigenvalue weighted by Gasteiger charge is 2.19. The number of amides is 3. The SMILES string of the molecule is CCc1ccc(C(CC(=O)NCCC(=O)O)NC(=O)Nc2ccc(C(=N)N)cc2)cc1. The molecule has 1 unspecified atom stereocenters. The number of nitrogens with one attached hydrogen (secondary N) is 4. The fourth-order valence-corrected chi connectivity index (χ4v) is 2.86. The van der Waals surface area contributed by atoms with Gasteiger partial charge in [0, 0.05) is 17.8 Å². The lowest BCUT2D eigenvalue weighted by Crippen LogP contribution is -2.36. The van der Waals surface area contributed by atoms with Crippen molar-refractivity contribution in [2.45, 2.75) is 32.2 Å². The van der Waals surface area contributed by atoms with Gasteiger partial charge in [-0.1, -0.05) is 31.2 Å². The Hall–Kier alpha value is -3.88. The third kappa shape index (κ3) is 7.81. The summed E-state index contributed by atoms with van der Waals surface area (Å²) in [5.41, 5.74) is 8.36. The number of nitrogen functional groups attached to an aromatic ring is 1. The zero-order chi connectivity index (χ0) is 22.8. The van der Waals surface area contributed by atoms with Gasteiger partial charge in [0.1, 0.15) is 5.84 Å². The summed E-state index contributed by atoms with van der Waals surface area (Å²) in [5, 5.41) is 24.2. The van der Waals surface area contributed by atoms with E-state index in [0.29, 0.717) is 11.3 Å². The van der Waals surface area contributed by atoms with Gasteiger partial charge in [-0.15, -0.1) is 0 Å². The maximum atomic E-state index is 12.5. The molecule has 3 amide bonds. The van der Waals surface area contributed by atoms with Crippen LogP contribution >= 0.6 is 0 Å². The van der Waals surface area contributed by atoms with Crippen molar-refractivity contribution in [3.8, 4) is 0 Å². The van der Waals surface area contributed by atoms with Crippen molar-refractivity contribution >= 4 is 29.4 Å². The predicted octanol–water partition coefficient (Wildman–Crippen LogP) is 2.38. The van der Waals surface area contributed by atoms with E-state index in [4.69, 9.17) is 16.2 Å². The van der Waals surface area contributed by atoms with Crippen LogP contribution < -0.4 is 21.7 Å². The number of hydrogen-bond donors (Lipinski definition) is 6. The molecule has 0 aromatic heterocycles. The van der Waals surface area contributed by atoms with Crippen LogP contribution in [-0.4, -0.2) is 35.4 Å². The van der Waals surface area contributed by atoms with Gasteiger partial charge < -0.3 is 26.8 Å². The molecule has 31 heavy (non-hydrogen) atoms. The second-order valence-corrected chi connectivity index (χ2v) is 6.94. The van der Waals surface area contributed by atoms with Gasteiger partial charge in [-0.05, 0) is 41.8 Å². The van der Waals surface area contributed by atoms with Crippen molar-refractivity contribution in [3.05, 3.63) is 65.2 Å². The van der Waals surface area contributed by atoms with Gasteiger partial charge >= 0.3 is 12.0 Å². The monoisotopic (exact) mass is 425 g/mol. The Morgan fingerprint density at radius 1 is 1.06 bits per heavy atom. The number of aryl methyl sites for hydroxylation is 1. The molecule has 2 rings (SSSR count). The molecule has 0 bridgehead atoms.